The molecule has 0 aliphatic rings. The van der Waals surface area contributed by atoms with Crippen LogP contribution in [-0.2, 0) is 22.4 Å². The van der Waals surface area contributed by atoms with Gasteiger partial charge in [0, 0.05) is 42.7 Å². The molecule has 2 aromatic heterocycles. The largest absolute Gasteiger partial charge is 0.482 e. The molecule has 22 heavy (non-hydrogen) atoms. The smallest absolute Gasteiger partial charge is 0.328 e. The number of hydrogen-bond acceptors (Lipinski definition) is 6. The summed E-state index contributed by atoms with van der Waals surface area (Å²) in [4.78, 5) is 28.5. The van der Waals surface area contributed by atoms with Gasteiger partial charge in [-0.25, -0.2) is 19.8 Å². The van der Waals surface area contributed by atoms with Crippen LogP contribution in [0.2, 0.25) is 0 Å². The zero-order valence-corrected chi connectivity index (χ0v) is 11.8. The van der Waals surface area contributed by atoms with Gasteiger partial charge in [-0.3, -0.25) is 0 Å². The topological polar surface area (TPSA) is 142 Å². The number of carboxylic acid groups (broad SMARTS) is 1. The van der Waals surface area contributed by atoms with Crippen molar-refractivity contribution in [2.45, 2.75) is 24.9 Å². The molecule has 0 fully saturated rings. The summed E-state index contributed by atoms with van der Waals surface area (Å²) >= 11 is 0. The van der Waals surface area contributed by atoms with Gasteiger partial charge < -0.3 is 25.5 Å². The summed E-state index contributed by atoms with van der Waals surface area (Å²) < 4.78 is 5.20. The third-order valence-corrected chi connectivity index (χ3v) is 2.92. The maximum atomic E-state index is 11.1. The molecule has 2 unspecified atom stereocenters. The molecule has 118 valence electrons. The first kappa shape index (κ1) is 15.7. The summed E-state index contributed by atoms with van der Waals surface area (Å²) in [5.41, 5.74) is 7.49. The number of nitrogens with one attached hydrogen (secondary N) is 2. The average Bonchev–Trinajstić information content (AvgIpc) is 3.15. The highest BCUT2D eigenvalue weighted by Gasteiger charge is 2.17. The van der Waals surface area contributed by atoms with Gasteiger partial charge in [0.25, 0.3) is 0 Å². The molecule has 0 spiro atoms. The number of rotatable bonds is 9. The molecule has 0 amide bonds. The van der Waals surface area contributed by atoms with E-state index in [0.29, 0.717) is 12.1 Å². The van der Waals surface area contributed by atoms with Crippen molar-refractivity contribution in [1.82, 2.24) is 19.9 Å². The van der Waals surface area contributed by atoms with E-state index in [0.717, 1.165) is 12.1 Å². The molecule has 0 aliphatic carbocycles. The minimum absolute atomic E-state index is 0.218. The Kier molecular flexibility index (Phi) is 5.66. The van der Waals surface area contributed by atoms with E-state index in [1.165, 1.54) is 6.33 Å². The van der Waals surface area contributed by atoms with Crippen LogP contribution in [-0.4, -0.2) is 56.1 Å². The molecule has 9 nitrogen and oxygen atoms in total. The van der Waals surface area contributed by atoms with Crippen molar-refractivity contribution in [2.75, 3.05) is 6.61 Å². The number of hydrogen-bond donors (Lipinski definition) is 4. The predicted molar refractivity (Wildman–Crippen MR) is 78.4 cm³/mol. The summed E-state index contributed by atoms with van der Waals surface area (Å²) in [7, 11) is 0. The van der Waals surface area contributed by atoms with Crippen molar-refractivity contribution in [3.8, 4) is 0 Å². The van der Waals surface area contributed by atoms with Gasteiger partial charge in [0.2, 0.25) is 0 Å². The van der Waals surface area contributed by atoms with Crippen LogP contribution in [0.5, 0.6) is 0 Å². The molecule has 9 heteroatoms. The Hall–Kier alpha value is -2.68. The van der Waals surface area contributed by atoms with Crippen molar-refractivity contribution in [2.24, 2.45) is 10.7 Å². The summed E-state index contributed by atoms with van der Waals surface area (Å²) in [6, 6.07) is -1.16. The minimum atomic E-state index is -1.03. The quantitative estimate of drug-likeness (QED) is 0.371. The van der Waals surface area contributed by atoms with Gasteiger partial charge in [0.15, 0.2) is 12.4 Å². The van der Waals surface area contributed by atoms with E-state index in [9.17, 15) is 4.79 Å². The van der Waals surface area contributed by atoms with Crippen molar-refractivity contribution in [3.05, 3.63) is 36.4 Å². The van der Waals surface area contributed by atoms with Crippen LogP contribution in [0, 0.1) is 0 Å². The second-order valence-corrected chi connectivity index (χ2v) is 4.76. The maximum absolute atomic E-state index is 11.1. The fraction of sp³-hybridized carbons (Fsp3) is 0.385. The molecule has 0 bridgehead atoms. The lowest BCUT2D eigenvalue weighted by atomic mass is 10.2. The summed E-state index contributed by atoms with van der Waals surface area (Å²) in [5, 5.41) is 9.11. The van der Waals surface area contributed by atoms with Gasteiger partial charge in [0.05, 0.1) is 12.7 Å². The Bertz CT molecular complexity index is 581. The van der Waals surface area contributed by atoms with Gasteiger partial charge in [-0.1, -0.05) is 0 Å². The summed E-state index contributed by atoms with van der Waals surface area (Å²) in [5.74, 6) is -1.03. The summed E-state index contributed by atoms with van der Waals surface area (Å²) in [6.07, 6.45) is 8.27. The Labute approximate surface area is 126 Å². The zero-order chi connectivity index (χ0) is 15.8. The highest BCUT2D eigenvalue weighted by molar-refractivity contribution is 5.75. The molecular formula is C13H18N6O3. The number of aliphatic imine (C=N–C) groups is 1. The Balaban J connectivity index is 1.75. The van der Waals surface area contributed by atoms with E-state index < -0.39 is 12.0 Å². The molecule has 0 aromatic carbocycles. The number of aromatic amines is 2. The van der Waals surface area contributed by atoms with Crippen molar-refractivity contribution < 1.29 is 14.6 Å². The number of H-pyrrole nitrogens is 2. The lowest BCUT2D eigenvalue weighted by Gasteiger charge is -2.10. The van der Waals surface area contributed by atoms with Crippen molar-refractivity contribution in [3.63, 3.8) is 0 Å². The van der Waals surface area contributed by atoms with E-state index in [1.54, 1.807) is 18.7 Å². The van der Waals surface area contributed by atoms with Crippen LogP contribution in [0.3, 0.4) is 0 Å². The molecule has 2 aromatic rings. The van der Waals surface area contributed by atoms with E-state index in [4.69, 9.17) is 15.6 Å². The van der Waals surface area contributed by atoms with Crippen LogP contribution in [0.4, 0.5) is 0 Å². The first-order valence-electron chi connectivity index (χ1n) is 6.71. The highest BCUT2D eigenvalue weighted by Crippen LogP contribution is 2.02. The zero-order valence-electron chi connectivity index (χ0n) is 11.8. The predicted octanol–water partition coefficient (Wildman–Crippen LogP) is -0.257. The molecular weight excluding hydrogens is 288 g/mol. The Morgan fingerprint density at radius 3 is 2.50 bits per heavy atom. The lowest BCUT2D eigenvalue weighted by Crippen LogP contribution is -2.29. The second-order valence-electron chi connectivity index (χ2n) is 4.76. The molecule has 2 atom stereocenters. The fourth-order valence-corrected chi connectivity index (χ4v) is 1.83. The second kappa shape index (κ2) is 7.93. The minimum Gasteiger partial charge on any atom is -0.482 e. The first-order chi connectivity index (χ1) is 10.6. The number of imidazole rings is 2. The van der Waals surface area contributed by atoms with Crippen LogP contribution in [0.25, 0.3) is 0 Å². The number of ether oxygens (including phenoxy) is 1. The number of nitrogens with two attached hydrogens (primary N) is 1. The number of carboxylic acids is 1. The fourth-order valence-electron chi connectivity index (χ4n) is 1.83. The van der Waals surface area contributed by atoms with E-state index in [1.807, 2.05) is 0 Å². The van der Waals surface area contributed by atoms with Gasteiger partial charge in [-0.2, -0.15) is 0 Å². The van der Waals surface area contributed by atoms with E-state index in [-0.39, 0.29) is 19.1 Å². The maximum Gasteiger partial charge on any atom is 0.328 e. The van der Waals surface area contributed by atoms with Crippen molar-refractivity contribution >= 4 is 12.4 Å². The normalized spacial score (nSPS) is 14.0. The van der Waals surface area contributed by atoms with Crippen LogP contribution in [0.1, 0.15) is 11.4 Å². The third kappa shape index (κ3) is 5.02. The molecule has 2 heterocycles. The van der Waals surface area contributed by atoms with Crippen molar-refractivity contribution in [1.29, 1.82) is 0 Å². The Morgan fingerprint density at radius 2 is 1.95 bits per heavy atom. The highest BCUT2D eigenvalue weighted by atomic mass is 16.5. The standard InChI is InChI=1S/C13H18N6O3/c14-9(1-10-3-15-6-17-10)5-22-8-19-12(13(20)21)2-11-4-16-7-18-11/h3-4,6-9,12H,1-2,5,14H2,(H,15,17)(H,16,18)(H,20,21). The van der Waals surface area contributed by atoms with E-state index >= 15 is 0 Å². The number of carbonyl (C=O) groups is 1. The molecule has 0 saturated carbocycles. The summed E-state index contributed by atoms with van der Waals surface area (Å²) in [6.45, 7) is 0.235. The number of nitrogens with zero attached hydrogens (tertiary/aromatic N) is 3. The molecule has 0 aliphatic heterocycles. The SMILES string of the molecule is NC(COC=NC(Cc1cnc[nH]1)C(=O)O)Cc1cnc[nH]1. The van der Waals surface area contributed by atoms with Gasteiger partial charge in [-0.15, -0.1) is 0 Å². The number of aliphatic carboxylic acids is 1. The first-order valence-corrected chi connectivity index (χ1v) is 6.71. The molecule has 0 radical (unpaired) electrons. The van der Waals surface area contributed by atoms with Gasteiger partial charge >= 0.3 is 5.97 Å². The number of aromatic nitrogens is 4. The lowest BCUT2D eigenvalue weighted by molar-refractivity contribution is -0.138. The van der Waals surface area contributed by atoms with Crippen LogP contribution in [0.15, 0.2) is 30.0 Å². The molecule has 5 N–H and O–H groups in total. The Morgan fingerprint density at radius 1 is 1.32 bits per heavy atom. The van der Waals surface area contributed by atoms with Crippen LogP contribution >= 0.6 is 0 Å². The van der Waals surface area contributed by atoms with Crippen LogP contribution < -0.4 is 5.73 Å². The molecule has 2 rings (SSSR count). The van der Waals surface area contributed by atoms with E-state index in [2.05, 4.69) is 24.9 Å². The molecule has 0 saturated heterocycles. The third-order valence-electron chi connectivity index (χ3n) is 2.92. The van der Waals surface area contributed by atoms with Gasteiger partial charge in [0.1, 0.15) is 6.61 Å². The monoisotopic (exact) mass is 306 g/mol. The van der Waals surface area contributed by atoms with Gasteiger partial charge in [-0.05, 0) is 0 Å². The average molecular weight is 306 g/mol.